The molecule has 18 heavy (non-hydrogen) atoms. The van der Waals surface area contributed by atoms with Crippen molar-refractivity contribution in [3.8, 4) is 0 Å². The number of hydrogen-bond donors (Lipinski definition) is 1. The number of hydrogen-bond acceptors (Lipinski definition) is 7. The maximum Gasteiger partial charge on any atom is 0.200 e. The van der Waals surface area contributed by atoms with Crippen molar-refractivity contribution in [3.63, 3.8) is 0 Å². The van der Waals surface area contributed by atoms with Crippen molar-refractivity contribution in [2.45, 2.75) is 0 Å². The van der Waals surface area contributed by atoms with Crippen LogP contribution in [0.1, 0.15) is 0 Å². The van der Waals surface area contributed by atoms with E-state index in [4.69, 9.17) is 4.74 Å². The molecule has 2 aromatic heterocycles. The van der Waals surface area contributed by atoms with Gasteiger partial charge in [0, 0.05) is 13.1 Å². The quantitative estimate of drug-likeness (QED) is 0.665. The SMILES string of the molecule is CN(C)CCOCCNc1ccc2nnnn2n1. The smallest absolute Gasteiger partial charge is 0.200 e. The van der Waals surface area contributed by atoms with Gasteiger partial charge in [-0.3, -0.25) is 0 Å². The zero-order valence-corrected chi connectivity index (χ0v) is 10.6. The van der Waals surface area contributed by atoms with Crippen LogP contribution in [0.3, 0.4) is 0 Å². The van der Waals surface area contributed by atoms with Gasteiger partial charge in [-0.25, -0.2) is 0 Å². The minimum atomic E-state index is 0.628. The summed E-state index contributed by atoms with van der Waals surface area (Å²) < 4.78 is 6.84. The lowest BCUT2D eigenvalue weighted by Crippen LogP contribution is -2.20. The summed E-state index contributed by atoms with van der Waals surface area (Å²) in [7, 11) is 4.04. The summed E-state index contributed by atoms with van der Waals surface area (Å²) in [5.41, 5.74) is 0.628. The zero-order valence-electron chi connectivity index (χ0n) is 10.6. The van der Waals surface area contributed by atoms with Gasteiger partial charge in [0.25, 0.3) is 0 Å². The molecule has 2 heterocycles. The van der Waals surface area contributed by atoms with Gasteiger partial charge in [-0.2, -0.15) is 0 Å². The Balaban J connectivity index is 1.70. The third-order valence-corrected chi connectivity index (χ3v) is 2.30. The van der Waals surface area contributed by atoms with E-state index in [-0.39, 0.29) is 0 Å². The van der Waals surface area contributed by atoms with Gasteiger partial charge in [0.2, 0.25) is 0 Å². The van der Waals surface area contributed by atoms with Crippen LogP contribution in [0.2, 0.25) is 0 Å². The Kier molecular flexibility index (Phi) is 4.37. The number of nitrogens with one attached hydrogen (secondary N) is 1. The molecule has 0 amide bonds. The monoisotopic (exact) mass is 251 g/mol. The lowest BCUT2D eigenvalue weighted by molar-refractivity contribution is 0.126. The summed E-state index contributed by atoms with van der Waals surface area (Å²) in [6, 6.07) is 3.65. The van der Waals surface area contributed by atoms with E-state index in [9.17, 15) is 0 Å². The van der Waals surface area contributed by atoms with Crippen LogP contribution in [0.4, 0.5) is 5.82 Å². The van der Waals surface area contributed by atoms with Crippen molar-refractivity contribution in [2.24, 2.45) is 0 Å². The average Bonchev–Trinajstić information content (AvgIpc) is 2.80. The molecule has 0 aliphatic heterocycles. The normalized spacial score (nSPS) is 11.3. The number of fused-ring (bicyclic) bond motifs is 1. The molecule has 2 rings (SSSR count). The lowest BCUT2D eigenvalue weighted by Gasteiger charge is -2.10. The van der Waals surface area contributed by atoms with Gasteiger partial charge in [0.1, 0.15) is 5.82 Å². The summed E-state index contributed by atoms with van der Waals surface area (Å²) in [6.07, 6.45) is 0. The standard InChI is InChI=1S/C10H17N7O/c1-16(2)6-8-18-7-5-11-9-3-4-10-12-14-15-17(10)13-9/h3-4H,5-8H2,1-2H3,(H,11,13). The second-order valence-corrected chi connectivity index (χ2v) is 4.09. The van der Waals surface area contributed by atoms with Crippen LogP contribution in [0, 0.1) is 0 Å². The Morgan fingerprint density at radius 1 is 1.33 bits per heavy atom. The molecule has 8 nitrogen and oxygen atoms in total. The number of nitrogens with zero attached hydrogens (tertiary/aromatic N) is 6. The molecule has 2 aromatic rings. The third kappa shape index (κ3) is 3.60. The van der Waals surface area contributed by atoms with Crippen LogP contribution in [0.25, 0.3) is 5.65 Å². The van der Waals surface area contributed by atoms with Crippen molar-refractivity contribution in [1.82, 2.24) is 30.2 Å². The molecule has 0 atom stereocenters. The first kappa shape index (κ1) is 12.7. The number of rotatable bonds is 7. The first-order valence-electron chi connectivity index (χ1n) is 5.77. The summed E-state index contributed by atoms with van der Waals surface area (Å²) in [5, 5.41) is 18.4. The predicted octanol–water partition coefficient (Wildman–Crippen LogP) is -0.491. The Hall–Kier alpha value is -1.80. The van der Waals surface area contributed by atoms with Crippen LogP contribution >= 0.6 is 0 Å². The maximum absolute atomic E-state index is 5.46. The Morgan fingerprint density at radius 2 is 2.22 bits per heavy atom. The van der Waals surface area contributed by atoms with Gasteiger partial charge in [-0.05, 0) is 36.7 Å². The lowest BCUT2D eigenvalue weighted by atomic mass is 10.5. The van der Waals surface area contributed by atoms with E-state index in [2.05, 4.69) is 30.8 Å². The third-order valence-electron chi connectivity index (χ3n) is 2.30. The fraction of sp³-hybridized carbons (Fsp3) is 0.600. The number of aromatic nitrogens is 5. The highest BCUT2D eigenvalue weighted by Gasteiger charge is 1.99. The van der Waals surface area contributed by atoms with E-state index in [0.717, 1.165) is 19.0 Å². The van der Waals surface area contributed by atoms with Gasteiger partial charge in [0.15, 0.2) is 5.65 Å². The van der Waals surface area contributed by atoms with Crippen LogP contribution in [0.15, 0.2) is 12.1 Å². The molecule has 0 unspecified atom stereocenters. The summed E-state index contributed by atoms with van der Waals surface area (Å²) >= 11 is 0. The molecule has 8 heteroatoms. The predicted molar refractivity (Wildman–Crippen MR) is 66.4 cm³/mol. The number of tetrazole rings is 1. The zero-order chi connectivity index (χ0) is 12.8. The second-order valence-electron chi connectivity index (χ2n) is 4.09. The van der Waals surface area contributed by atoms with E-state index in [0.29, 0.717) is 18.8 Å². The van der Waals surface area contributed by atoms with Crippen LogP contribution in [0.5, 0.6) is 0 Å². The van der Waals surface area contributed by atoms with Gasteiger partial charge in [-0.15, -0.1) is 14.8 Å². The molecule has 0 fully saturated rings. The first-order valence-corrected chi connectivity index (χ1v) is 5.77. The molecular formula is C10H17N7O. The van der Waals surface area contributed by atoms with Crippen molar-refractivity contribution in [1.29, 1.82) is 0 Å². The van der Waals surface area contributed by atoms with E-state index in [1.807, 2.05) is 26.2 Å². The van der Waals surface area contributed by atoms with Gasteiger partial charge < -0.3 is 15.0 Å². The summed E-state index contributed by atoms with van der Waals surface area (Å²) in [5.74, 6) is 0.728. The summed E-state index contributed by atoms with van der Waals surface area (Å²) in [4.78, 5) is 2.08. The highest BCUT2D eigenvalue weighted by Crippen LogP contribution is 2.02. The highest BCUT2D eigenvalue weighted by atomic mass is 16.5. The van der Waals surface area contributed by atoms with Crippen molar-refractivity contribution < 1.29 is 4.74 Å². The highest BCUT2D eigenvalue weighted by molar-refractivity contribution is 5.41. The molecule has 0 spiro atoms. The molecule has 1 N–H and O–H groups in total. The Bertz CT molecular complexity index is 484. The molecular weight excluding hydrogens is 234 g/mol. The fourth-order valence-electron chi connectivity index (χ4n) is 1.34. The van der Waals surface area contributed by atoms with Gasteiger partial charge in [0.05, 0.1) is 13.2 Å². The molecule has 0 saturated carbocycles. The van der Waals surface area contributed by atoms with E-state index in [1.165, 1.54) is 4.63 Å². The molecule has 0 aliphatic carbocycles. The van der Waals surface area contributed by atoms with E-state index in [1.54, 1.807) is 0 Å². The van der Waals surface area contributed by atoms with Crippen molar-refractivity contribution >= 4 is 11.5 Å². The van der Waals surface area contributed by atoms with Crippen molar-refractivity contribution in [3.05, 3.63) is 12.1 Å². The minimum Gasteiger partial charge on any atom is -0.378 e. The van der Waals surface area contributed by atoms with E-state index >= 15 is 0 Å². The van der Waals surface area contributed by atoms with Crippen LogP contribution in [-0.4, -0.2) is 70.6 Å². The Morgan fingerprint density at radius 3 is 3.06 bits per heavy atom. The molecule has 0 saturated heterocycles. The first-order chi connectivity index (χ1) is 8.75. The molecule has 98 valence electrons. The maximum atomic E-state index is 5.46. The average molecular weight is 251 g/mol. The molecule has 0 aromatic carbocycles. The topological polar surface area (TPSA) is 80.5 Å². The largest absolute Gasteiger partial charge is 0.378 e. The summed E-state index contributed by atoms with van der Waals surface area (Å²) in [6.45, 7) is 3.00. The van der Waals surface area contributed by atoms with Crippen LogP contribution < -0.4 is 5.32 Å². The number of anilines is 1. The Labute approximate surface area is 105 Å². The molecule has 0 aliphatic rings. The molecule has 0 radical (unpaired) electrons. The number of ether oxygens (including phenoxy) is 1. The number of likely N-dealkylation sites (N-methyl/N-ethyl adjacent to an activating group) is 1. The van der Waals surface area contributed by atoms with Crippen molar-refractivity contribution in [2.75, 3.05) is 45.7 Å². The molecule has 0 bridgehead atoms. The van der Waals surface area contributed by atoms with Crippen LogP contribution in [-0.2, 0) is 4.74 Å². The second kappa shape index (κ2) is 6.22. The van der Waals surface area contributed by atoms with E-state index < -0.39 is 0 Å². The van der Waals surface area contributed by atoms with Gasteiger partial charge >= 0.3 is 0 Å². The minimum absolute atomic E-state index is 0.628. The van der Waals surface area contributed by atoms with Gasteiger partial charge in [-0.1, -0.05) is 0 Å². The fourth-order valence-corrected chi connectivity index (χ4v) is 1.34.